The van der Waals surface area contributed by atoms with Gasteiger partial charge in [0.2, 0.25) is 5.91 Å². The summed E-state index contributed by atoms with van der Waals surface area (Å²) in [7, 11) is -3.93. The normalized spacial score (nSPS) is 15.5. The smallest absolute Gasteiger partial charge is 0.408 e. The number of nitrogens with zero attached hydrogens (tertiary/aromatic N) is 2. The summed E-state index contributed by atoms with van der Waals surface area (Å²) in [5.74, 6) is 0.293. The minimum atomic E-state index is -3.93. The molecule has 0 aliphatic carbocycles. The summed E-state index contributed by atoms with van der Waals surface area (Å²) in [6, 6.07) is 11.9. The van der Waals surface area contributed by atoms with E-state index in [0.717, 1.165) is 58.5 Å². The highest BCUT2D eigenvalue weighted by Crippen LogP contribution is 2.43. The molecule has 1 aromatic heterocycles. The van der Waals surface area contributed by atoms with E-state index in [1.54, 1.807) is 20.8 Å². The van der Waals surface area contributed by atoms with Gasteiger partial charge in [-0.25, -0.2) is 27.3 Å². The summed E-state index contributed by atoms with van der Waals surface area (Å²) in [4.78, 5) is 43.5. The van der Waals surface area contributed by atoms with Gasteiger partial charge >= 0.3 is 12.1 Å². The molecule has 1 atom stereocenters. The van der Waals surface area contributed by atoms with Crippen LogP contribution in [0.4, 0.5) is 10.6 Å². The van der Waals surface area contributed by atoms with Crippen molar-refractivity contribution in [3.8, 4) is 5.75 Å². The number of alkyl carbamates (subject to hydrolysis) is 1. The number of hydrogen-bond donors (Lipinski definition) is 2. The number of amides is 2. The molecular weight excluding hydrogens is 721 g/mol. The summed E-state index contributed by atoms with van der Waals surface area (Å²) in [5, 5.41) is 5.25. The predicted octanol–water partition coefficient (Wildman–Crippen LogP) is 6.72. The molecule has 0 saturated carbocycles. The zero-order chi connectivity index (χ0) is 40.1. The molecule has 12 nitrogen and oxygen atoms in total. The van der Waals surface area contributed by atoms with Crippen molar-refractivity contribution in [2.24, 2.45) is 0 Å². The zero-order valence-corrected chi connectivity index (χ0v) is 34.3. The molecule has 0 fully saturated rings. The van der Waals surface area contributed by atoms with Gasteiger partial charge in [0.05, 0.1) is 4.90 Å². The van der Waals surface area contributed by atoms with Crippen molar-refractivity contribution in [2.75, 3.05) is 17.4 Å². The Bertz CT molecular complexity index is 2010. The van der Waals surface area contributed by atoms with Gasteiger partial charge in [-0.05, 0) is 140 Å². The number of carbonyl (C=O) groups is 3. The van der Waals surface area contributed by atoms with Crippen LogP contribution in [-0.4, -0.2) is 61.7 Å². The van der Waals surface area contributed by atoms with Gasteiger partial charge in [0.15, 0.2) is 0 Å². The fourth-order valence-electron chi connectivity index (χ4n) is 7.03. The molecule has 55 heavy (non-hydrogen) atoms. The van der Waals surface area contributed by atoms with Gasteiger partial charge in [-0.3, -0.25) is 4.79 Å². The molecule has 0 radical (unpaired) electrons. The summed E-state index contributed by atoms with van der Waals surface area (Å²) in [6.07, 6.45) is 4.07. The van der Waals surface area contributed by atoms with Crippen molar-refractivity contribution in [2.45, 2.75) is 136 Å². The first-order chi connectivity index (χ1) is 25.9. The monoisotopic (exact) mass is 776 g/mol. The van der Waals surface area contributed by atoms with Crippen LogP contribution in [-0.2, 0) is 55.0 Å². The lowest BCUT2D eigenvalue weighted by atomic mass is 9.88. The van der Waals surface area contributed by atoms with E-state index in [1.165, 1.54) is 4.31 Å². The number of aryl methyl sites for hydroxylation is 2. The van der Waals surface area contributed by atoms with Gasteiger partial charge in [0, 0.05) is 25.2 Å². The van der Waals surface area contributed by atoms with E-state index in [4.69, 9.17) is 19.2 Å². The lowest BCUT2D eigenvalue weighted by Gasteiger charge is -2.36. The fourth-order valence-corrected chi connectivity index (χ4v) is 9.06. The Morgan fingerprint density at radius 1 is 0.982 bits per heavy atom. The third-order valence-corrected chi connectivity index (χ3v) is 12.1. The van der Waals surface area contributed by atoms with Crippen molar-refractivity contribution in [3.05, 3.63) is 81.5 Å². The number of esters is 1. The van der Waals surface area contributed by atoms with E-state index in [0.29, 0.717) is 48.5 Å². The first-order valence-electron chi connectivity index (χ1n) is 19.2. The van der Waals surface area contributed by atoms with Crippen LogP contribution < -0.4 is 19.7 Å². The topological polar surface area (TPSA) is 153 Å². The standard InChI is InChI=1S/C42H56N4O8S/c1-27-28(2)37(29(3)33-22-23-42(7,8)53-36(27)33)55(50,51)46-24-14-17-31-20-21-32(44-38(31)46)18-12-13-19-35(47)43-25-34(39(48)54-41(4,5)6)45-40(49)52-26-30-15-10-9-11-16-30/h9-11,15-16,20-21,34H,12-14,17-19,22-26H2,1-8H3,(H,43,47)(H,45,49)/t34-/m0/s1. The first-order valence-corrected chi connectivity index (χ1v) is 20.6. The Balaban J connectivity index is 1.19. The highest BCUT2D eigenvalue weighted by Gasteiger charge is 2.37. The number of carbonyl (C=O) groups excluding carboxylic acids is 3. The molecule has 0 spiro atoms. The van der Waals surface area contributed by atoms with Gasteiger partial charge in [0.25, 0.3) is 10.0 Å². The van der Waals surface area contributed by atoms with Crippen LogP contribution in [0.3, 0.4) is 0 Å². The first kappa shape index (κ1) is 41.5. The molecule has 0 saturated heterocycles. The van der Waals surface area contributed by atoms with Gasteiger partial charge in [-0.2, -0.15) is 0 Å². The van der Waals surface area contributed by atoms with E-state index in [-0.39, 0.29) is 31.1 Å². The van der Waals surface area contributed by atoms with Crippen LogP contribution in [0.5, 0.6) is 5.75 Å². The number of aromatic nitrogens is 1. The van der Waals surface area contributed by atoms with Crippen LogP contribution in [0.15, 0.2) is 47.4 Å². The highest BCUT2D eigenvalue weighted by atomic mass is 32.2. The molecule has 2 aromatic carbocycles. The number of unbranched alkanes of at least 4 members (excludes halogenated alkanes) is 1. The third-order valence-electron chi connectivity index (χ3n) is 10.1. The summed E-state index contributed by atoms with van der Waals surface area (Å²) >= 11 is 0. The van der Waals surface area contributed by atoms with Crippen LogP contribution in [0.2, 0.25) is 0 Å². The molecule has 298 valence electrons. The number of hydrogen-bond acceptors (Lipinski definition) is 9. The maximum absolute atomic E-state index is 14.5. The zero-order valence-electron chi connectivity index (χ0n) is 33.5. The Morgan fingerprint density at radius 3 is 2.42 bits per heavy atom. The van der Waals surface area contributed by atoms with Crippen molar-refractivity contribution in [1.29, 1.82) is 0 Å². The quantitative estimate of drug-likeness (QED) is 0.142. The molecule has 2 amide bonds. The Labute approximate surface area is 325 Å². The Morgan fingerprint density at radius 2 is 1.71 bits per heavy atom. The van der Waals surface area contributed by atoms with Crippen molar-refractivity contribution < 1.29 is 37.0 Å². The number of anilines is 1. The minimum Gasteiger partial charge on any atom is -0.487 e. The molecule has 0 unspecified atom stereocenters. The van der Waals surface area contributed by atoms with Gasteiger partial charge in [-0.1, -0.05) is 36.4 Å². The number of fused-ring (bicyclic) bond motifs is 2. The van der Waals surface area contributed by atoms with Crippen molar-refractivity contribution in [1.82, 2.24) is 15.6 Å². The summed E-state index contributed by atoms with van der Waals surface area (Å²) < 4.78 is 47.6. The number of sulfonamides is 1. The molecule has 3 aromatic rings. The third kappa shape index (κ3) is 10.4. The molecule has 5 rings (SSSR count). The molecule has 3 heterocycles. The fraction of sp³-hybridized carbons (Fsp3) is 0.524. The predicted molar refractivity (Wildman–Crippen MR) is 211 cm³/mol. The lowest BCUT2D eigenvalue weighted by molar-refractivity contribution is -0.157. The van der Waals surface area contributed by atoms with Gasteiger partial charge in [-0.15, -0.1) is 0 Å². The number of ether oxygens (including phenoxy) is 3. The lowest BCUT2D eigenvalue weighted by Crippen LogP contribution is -2.50. The molecule has 0 bridgehead atoms. The number of pyridine rings is 1. The van der Waals surface area contributed by atoms with E-state index in [1.807, 2.05) is 63.2 Å². The SMILES string of the molecule is Cc1c(C)c(S(=O)(=O)N2CCCc3ccc(CCCCC(=O)NC[C@H](NC(=O)OCc4ccccc4)C(=O)OC(C)(C)C)nc32)c(C)c2c1OC(C)(C)CC2. The highest BCUT2D eigenvalue weighted by molar-refractivity contribution is 7.93. The second-order valence-electron chi connectivity index (χ2n) is 16.1. The molecule has 13 heteroatoms. The molecule has 2 aliphatic heterocycles. The molecular formula is C42H56N4O8S. The van der Waals surface area contributed by atoms with Crippen LogP contribution >= 0.6 is 0 Å². The van der Waals surface area contributed by atoms with Crippen molar-refractivity contribution in [3.63, 3.8) is 0 Å². The number of nitrogens with one attached hydrogen (secondary N) is 2. The Hall–Kier alpha value is -4.65. The average molecular weight is 777 g/mol. The summed E-state index contributed by atoms with van der Waals surface area (Å²) in [5.41, 5.74) is 4.58. The van der Waals surface area contributed by atoms with E-state index >= 15 is 0 Å². The van der Waals surface area contributed by atoms with Crippen LogP contribution in [0, 0.1) is 20.8 Å². The maximum Gasteiger partial charge on any atom is 0.408 e. The van der Waals surface area contributed by atoms with E-state index < -0.39 is 33.7 Å². The molecule has 2 aliphatic rings. The minimum absolute atomic E-state index is 0.0230. The largest absolute Gasteiger partial charge is 0.487 e. The van der Waals surface area contributed by atoms with Crippen LogP contribution in [0.25, 0.3) is 0 Å². The van der Waals surface area contributed by atoms with Crippen LogP contribution in [0.1, 0.15) is 106 Å². The molecule has 2 N–H and O–H groups in total. The van der Waals surface area contributed by atoms with E-state index in [2.05, 4.69) is 24.5 Å². The van der Waals surface area contributed by atoms with Gasteiger partial charge < -0.3 is 24.8 Å². The maximum atomic E-state index is 14.5. The summed E-state index contributed by atoms with van der Waals surface area (Å²) in [6.45, 7) is 15.2. The van der Waals surface area contributed by atoms with Gasteiger partial charge in [0.1, 0.15) is 35.4 Å². The van der Waals surface area contributed by atoms with Crippen molar-refractivity contribution >= 4 is 33.8 Å². The average Bonchev–Trinajstić information content (AvgIpc) is 3.12. The number of benzene rings is 2. The van der Waals surface area contributed by atoms with E-state index in [9.17, 15) is 22.8 Å². The second-order valence-corrected chi connectivity index (χ2v) is 17.9. The number of rotatable bonds is 13. The second kappa shape index (κ2) is 17.0. The Kier molecular flexibility index (Phi) is 12.8.